The van der Waals surface area contributed by atoms with Crippen molar-refractivity contribution in [1.29, 1.82) is 0 Å². The molecule has 170 valence electrons. The first-order valence-electron chi connectivity index (χ1n) is 10.8. The molecule has 0 radical (unpaired) electrons. The monoisotopic (exact) mass is 444 g/mol. The molecule has 0 unspecified atom stereocenters. The summed E-state index contributed by atoms with van der Waals surface area (Å²) in [5.41, 5.74) is 4.23. The first-order valence-corrected chi connectivity index (χ1v) is 10.8. The number of rotatable bonds is 6. The first-order chi connectivity index (χ1) is 15.8. The first kappa shape index (κ1) is 22.2. The Morgan fingerprint density at radius 2 is 1.73 bits per heavy atom. The van der Waals surface area contributed by atoms with E-state index in [1.54, 1.807) is 7.11 Å². The minimum Gasteiger partial charge on any atom is -0.497 e. The molecule has 0 spiro atoms. The highest BCUT2D eigenvalue weighted by molar-refractivity contribution is 5.85. The molecule has 1 amide bonds. The predicted molar refractivity (Wildman–Crippen MR) is 131 cm³/mol. The van der Waals surface area contributed by atoms with E-state index in [1.165, 1.54) is 0 Å². The number of hydrogen-bond donors (Lipinski definition) is 2. The fraction of sp³-hybridized carbons (Fsp3) is 0.231. The Kier molecular flexibility index (Phi) is 6.22. The van der Waals surface area contributed by atoms with Crippen LogP contribution in [0.25, 0.3) is 16.8 Å². The molecule has 7 nitrogen and oxygen atoms in total. The van der Waals surface area contributed by atoms with Gasteiger partial charge >= 0.3 is 6.09 Å². The zero-order valence-corrected chi connectivity index (χ0v) is 19.3. The highest BCUT2D eigenvalue weighted by Gasteiger charge is 2.16. The van der Waals surface area contributed by atoms with Crippen molar-refractivity contribution in [2.24, 2.45) is 0 Å². The van der Waals surface area contributed by atoms with Crippen LogP contribution < -0.4 is 15.4 Å². The third kappa shape index (κ3) is 5.44. The van der Waals surface area contributed by atoms with Crippen molar-refractivity contribution in [3.05, 3.63) is 78.5 Å². The largest absolute Gasteiger partial charge is 0.497 e. The van der Waals surface area contributed by atoms with Gasteiger partial charge in [-0.1, -0.05) is 30.3 Å². The van der Waals surface area contributed by atoms with Crippen LogP contribution in [-0.2, 0) is 11.3 Å². The number of nitrogens with zero attached hydrogens (tertiary/aromatic N) is 2. The number of pyridine rings is 1. The van der Waals surface area contributed by atoms with Gasteiger partial charge in [-0.05, 0) is 68.3 Å². The standard InChI is InChI=1S/C26H28N4O3/c1-26(2,3)33-25(31)29-20-12-10-19(11-13-20)23-7-5-6-21-17-28-24(30(21)23)27-16-18-8-14-22(32-4)15-9-18/h5-15,17H,16H2,1-4H3,(H,27,28)(H,29,31). The molecule has 2 N–H and O–H groups in total. The van der Waals surface area contributed by atoms with E-state index < -0.39 is 11.7 Å². The third-order valence-electron chi connectivity index (χ3n) is 4.99. The lowest BCUT2D eigenvalue weighted by molar-refractivity contribution is 0.0636. The van der Waals surface area contributed by atoms with Gasteiger partial charge in [-0.25, -0.2) is 9.78 Å². The maximum absolute atomic E-state index is 12.0. The normalized spacial score (nSPS) is 11.3. The van der Waals surface area contributed by atoms with E-state index in [0.29, 0.717) is 12.2 Å². The second kappa shape index (κ2) is 9.24. The Bertz CT molecular complexity index is 1240. The molecule has 0 atom stereocenters. The number of methoxy groups -OCH3 is 1. The number of amides is 1. The van der Waals surface area contributed by atoms with Gasteiger partial charge < -0.3 is 14.8 Å². The molecule has 7 heteroatoms. The summed E-state index contributed by atoms with van der Waals surface area (Å²) in [4.78, 5) is 16.6. The molecule has 0 saturated heterocycles. The molecule has 0 aliphatic rings. The quantitative estimate of drug-likeness (QED) is 0.383. The fourth-order valence-electron chi connectivity index (χ4n) is 3.47. The molecule has 0 saturated carbocycles. The maximum atomic E-state index is 12.0. The third-order valence-corrected chi connectivity index (χ3v) is 4.99. The minimum atomic E-state index is -0.545. The summed E-state index contributed by atoms with van der Waals surface area (Å²) in [6.45, 7) is 6.14. The van der Waals surface area contributed by atoms with Crippen molar-refractivity contribution >= 4 is 23.2 Å². The molecule has 0 aliphatic heterocycles. The van der Waals surface area contributed by atoms with Gasteiger partial charge in [-0.3, -0.25) is 9.72 Å². The molecule has 4 aromatic rings. The zero-order chi connectivity index (χ0) is 23.4. The molecule has 0 fully saturated rings. The summed E-state index contributed by atoms with van der Waals surface area (Å²) in [6, 6.07) is 21.7. The number of fused-ring (bicyclic) bond motifs is 1. The van der Waals surface area contributed by atoms with E-state index in [2.05, 4.69) is 20.0 Å². The number of hydrogen-bond acceptors (Lipinski definition) is 5. The lowest BCUT2D eigenvalue weighted by atomic mass is 10.1. The molecule has 0 bridgehead atoms. The van der Waals surface area contributed by atoms with Crippen LogP contribution in [0.2, 0.25) is 0 Å². The Hall–Kier alpha value is -4.00. The molecule has 2 aromatic heterocycles. The Labute approximate surface area is 193 Å². The highest BCUT2D eigenvalue weighted by Crippen LogP contribution is 2.26. The average molecular weight is 445 g/mol. The van der Waals surface area contributed by atoms with Gasteiger partial charge in [0.1, 0.15) is 11.4 Å². The van der Waals surface area contributed by atoms with Crippen LogP contribution >= 0.6 is 0 Å². The Morgan fingerprint density at radius 1 is 1.00 bits per heavy atom. The fourth-order valence-corrected chi connectivity index (χ4v) is 3.47. The molecular formula is C26H28N4O3. The average Bonchev–Trinajstić information content (AvgIpc) is 3.20. The van der Waals surface area contributed by atoms with Gasteiger partial charge in [0.05, 0.1) is 24.5 Å². The summed E-state index contributed by atoms with van der Waals surface area (Å²) in [7, 11) is 1.66. The summed E-state index contributed by atoms with van der Waals surface area (Å²) in [5, 5.41) is 6.19. The lowest BCUT2D eigenvalue weighted by Gasteiger charge is -2.19. The second-order valence-corrected chi connectivity index (χ2v) is 8.66. The second-order valence-electron chi connectivity index (χ2n) is 8.66. The van der Waals surface area contributed by atoms with Crippen molar-refractivity contribution in [2.45, 2.75) is 32.9 Å². The number of carbonyl (C=O) groups excluding carboxylic acids is 1. The maximum Gasteiger partial charge on any atom is 0.412 e. The van der Waals surface area contributed by atoms with Crippen molar-refractivity contribution in [3.63, 3.8) is 0 Å². The topological polar surface area (TPSA) is 76.9 Å². The lowest BCUT2D eigenvalue weighted by Crippen LogP contribution is -2.27. The minimum absolute atomic E-state index is 0.475. The van der Waals surface area contributed by atoms with E-state index in [9.17, 15) is 4.79 Å². The van der Waals surface area contributed by atoms with Gasteiger partial charge in [0.2, 0.25) is 5.95 Å². The van der Waals surface area contributed by atoms with E-state index >= 15 is 0 Å². The van der Waals surface area contributed by atoms with Gasteiger partial charge in [0, 0.05) is 12.2 Å². The van der Waals surface area contributed by atoms with Crippen LogP contribution in [0.1, 0.15) is 26.3 Å². The highest BCUT2D eigenvalue weighted by atomic mass is 16.6. The van der Waals surface area contributed by atoms with Gasteiger partial charge in [0.15, 0.2) is 0 Å². The number of anilines is 2. The summed E-state index contributed by atoms with van der Waals surface area (Å²) >= 11 is 0. The summed E-state index contributed by atoms with van der Waals surface area (Å²) < 4.78 is 12.6. The van der Waals surface area contributed by atoms with Crippen LogP contribution in [0.3, 0.4) is 0 Å². The van der Waals surface area contributed by atoms with Crippen LogP contribution in [0.4, 0.5) is 16.4 Å². The number of imidazole rings is 1. The number of aromatic nitrogens is 2. The molecule has 2 aromatic carbocycles. The Balaban J connectivity index is 1.54. The summed E-state index contributed by atoms with van der Waals surface area (Å²) in [6.07, 6.45) is 1.37. The van der Waals surface area contributed by atoms with E-state index in [4.69, 9.17) is 9.47 Å². The van der Waals surface area contributed by atoms with Crippen molar-refractivity contribution in [3.8, 4) is 17.0 Å². The number of ether oxygens (including phenoxy) is 2. The van der Waals surface area contributed by atoms with Gasteiger partial charge in [-0.15, -0.1) is 0 Å². The van der Waals surface area contributed by atoms with E-state index in [0.717, 1.165) is 34.0 Å². The van der Waals surface area contributed by atoms with Crippen LogP contribution in [0.5, 0.6) is 5.75 Å². The van der Waals surface area contributed by atoms with Crippen molar-refractivity contribution in [1.82, 2.24) is 9.38 Å². The van der Waals surface area contributed by atoms with Crippen LogP contribution in [-0.4, -0.2) is 28.2 Å². The van der Waals surface area contributed by atoms with Crippen LogP contribution in [0.15, 0.2) is 72.9 Å². The van der Waals surface area contributed by atoms with Gasteiger partial charge in [0.25, 0.3) is 0 Å². The number of carbonyl (C=O) groups is 1. The predicted octanol–water partition coefficient (Wildman–Crippen LogP) is 5.97. The molecule has 4 rings (SSSR count). The molecule has 33 heavy (non-hydrogen) atoms. The van der Waals surface area contributed by atoms with Gasteiger partial charge in [-0.2, -0.15) is 0 Å². The molecular weight excluding hydrogens is 416 g/mol. The zero-order valence-electron chi connectivity index (χ0n) is 19.3. The number of benzene rings is 2. The summed E-state index contributed by atoms with van der Waals surface area (Å²) in [5.74, 6) is 1.59. The SMILES string of the molecule is COc1ccc(CNc2ncc3cccc(-c4ccc(NC(=O)OC(C)(C)C)cc4)n23)cc1. The number of nitrogens with one attached hydrogen (secondary N) is 2. The Morgan fingerprint density at radius 3 is 2.39 bits per heavy atom. The van der Waals surface area contributed by atoms with Crippen molar-refractivity contribution < 1.29 is 14.3 Å². The van der Waals surface area contributed by atoms with Crippen LogP contribution in [0, 0.1) is 0 Å². The van der Waals surface area contributed by atoms with Crippen molar-refractivity contribution in [2.75, 3.05) is 17.7 Å². The molecule has 0 aliphatic carbocycles. The van der Waals surface area contributed by atoms with E-state index in [1.807, 2.05) is 93.7 Å². The smallest absolute Gasteiger partial charge is 0.412 e. The van der Waals surface area contributed by atoms with E-state index in [-0.39, 0.29) is 0 Å². The molecule has 2 heterocycles.